The summed E-state index contributed by atoms with van der Waals surface area (Å²) in [5, 5.41) is 3.18. The Kier molecular flexibility index (Phi) is 2.54. The van der Waals surface area contributed by atoms with Crippen molar-refractivity contribution in [2.45, 2.75) is 57.9 Å². The molecule has 1 saturated carbocycles. The highest BCUT2D eigenvalue weighted by Gasteiger charge is 2.40. The summed E-state index contributed by atoms with van der Waals surface area (Å²) in [4.78, 5) is 11.5. The van der Waals surface area contributed by atoms with Crippen molar-refractivity contribution in [3.05, 3.63) is 0 Å². The van der Waals surface area contributed by atoms with Gasteiger partial charge in [0.15, 0.2) is 0 Å². The SMILES string of the molecule is CC1(C)NC(=O)CCC2CCCCC21. The summed E-state index contributed by atoms with van der Waals surface area (Å²) in [6.45, 7) is 4.39. The Balaban J connectivity index is 2.18. The van der Waals surface area contributed by atoms with Gasteiger partial charge in [-0.3, -0.25) is 4.79 Å². The van der Waals surface area contributed by atoms with Crippen LogP contribution in [0.3, 0.4) is 0 Å². The van der Waals surface area contributed by atoms with Crippen LogP contribution in [0, 0.1) is 11.8 Å². The van der Waals surface area contributed by atoms with Gasteiger partial charge in [0.05, 0.1) is 0 Å². The standard InChI is InChI=1S/C12H21NO/c1-12(2)10-6-4-3-5-9(10)7-8-11(14)13-12/h9-10H,3-8H2,1-2H3,(H,13,14). The molecule has 2 heteroatoms. The molecule has 2 nitrogen and oxygen atoms in total. The number of carbonyl (C=O) groups is 1. The fourth-order valence-corrected chi connectivity index (χ4v) is 3.33. The maximum atomic E-state index is 11.5. The van der Waals surface area contributed by atoms with E-state index >= 15 is 0 Å². The normalized spacial score (nSPS) is 36.9. The Morgan fingerprint density at radius 3 is 2.71 bits per heavy atom. The molecule has 0 radical (unpaired) electrons. The van der Waals surface area contributed by atoms with Crippen molar-refractivity contribution in [2.75, 3.05) is 0 Å². The lowest BCUT2D eigenvalue weighted by molar-refractivity contribution is -0.122. The molecule has 1 amide bonds. The molecule has 0 bridgehead atoms. The highest BCUT2D eigenvalue weighted by Crippen LogP contribution is 2.41. The van der Waals surface area contributed by atoms with E-state index in [2.05, 4.69) is 19.2 Å². The van der Waals surface area contributed by atoms with Gasteiger partial charge < -0.3 is 5.32 Å². The zero-order valence-corrected chi connectivity index (χ0v) is 9.31. The molecule has 1 N–H and O–H groups in total. The molecule has 0 aromatic rings. The molecule has 0 aromatic heterocycles. The largest absolute Gasteiger partial charge is 0.351 e. The van der Waals surface area contributed by atoms with Crippen molar-refractivity contribution in [3.63, 3.8) is 0 Å². The summed E-state index contributed by atoms with van der Waals surface area (Å²) in [6, 6.07) is 0. The molecular weight excluding hydrogens is 174 g/mol. The van der Waals surface area contributed by atoms with Crippen LogP contribution >= 0.6 is 0 Å². The summed E-state index contributed by atoms with van der Waals surface area (Å²) in [5.74, 6) is 1.75. The fraction of sp³-hybridized carbons (Fsp3) is 0.917. The van der Waals surface area contributed by atoms with E-state index in [1.165, 1.54) is 25.7 Å². The van der Waals surface area contributed by atoms with Crippen molar-refractivity contribution < 1.29 is 4.79 Å². The van der Waals surface area contributed by atoms with Crippen molar-refractivity contribution in [3.8, 4) is 0 Å². The van der Waals surface area contributed by atoms with E-state index in [-0.39, 0.29) is 11.4 Å². The molecule has 2 atom stereocenters. The maximum absolute atomic E-state index is 11.5. The lowest BCUT2D eigenvalue weighted by atomic mass is 9.69. The second-order valence-electron chi connectivity index (χ2n) is 5.46. The average Bonchev–Trinajstić information content (AvgIpc) is 2.24. The first kappa shape index (κ1) is 10.0. The number of hydrogen-bond donors (Lipinski definition) is 1. The van der Waals surface area contributed by atoms with E-state index in [1.54, 1.807) is 0 Å². The third-order valence-electron chi connectivity index (χ3n) is 4.04. The summed E-state index contributed by atoms with van der Waals surface area (Å²) in [5.41, 5.74) is 0.0265. The Hall–Kier alpha value is -0.530. The van der Waals surface area contributed by atoms with Gasteiger partial charge in [0.1, 0.15) is 0 Å². The zero-order valence-electron chi connectivity index (χ0n) is 9.31. The van der Waals surface area contributed by atoms with Gasteiger partial charge in [-0.15, -0.1) is 0 Å². The molecule has 0 spiro atoms. The predicted octanol–water partition coefficient (Wildman–Crippen LogP) is 2.48. The number of rotatable bonds is 0. The van der Waals surface area contributed by atoms with Crippen molar-refractivity contribution >= 4 is 5.91 Å². The van der Waals surface area contributed by atoms with Crippen LogP contribution in [-0.4, -0.2) is 11.4 Å². The minimum atomic E-state index is 0.0265. The Morgan fingerprint density at radius 2 is 1.93 bits per heavy atom. The van der Waals surface area contributed by atoms with Gasteiger partial charge >= 0.3 is 0 Å². The van der Waals surface area contributed by atoms with Crippen LogP contribution in [0.15, 0.2) is 0 Å². The highest BCUT2D eigenvalue weighted by molar-refractivity contribution is 5.77. The number of carbonyl (C=O) groups excluding carboxylic acids is 1. The van der Waals surface area contributed by atoms with Crippen LogP contribution in [0.1, 0.15) is 52.4 Å². The van der Waals surface area contributed by atoms with Gasteiger partial charge in [-0.05, 0) is 38.5 Å². The minimum Gasteiger partial charge on any atom is -0.351 e. The van der Waals surface area contributed by atoms with Gasteiger partial charge in [-0.25, -0.2) is 0 Å². The Morgan fingerprint density at radius 1 is 1.21 bits per heavy atom. The number of fused-ring (bicyclic) bond motifs is 1. The quantitative estimate of drug-likeness (QED) is 0.632. The van der Waals surface area contributed by atoms with Crippen LogP contribution in [-0.2, 0) is 4.79 Å². The van der Waals surface area contributed by atoms with E-state index in [0.29, 0.717) is 5.92 Å². The average molecular weight is 195 g/mol. The van der Waals surface area contributed by atoms with Crippen LogP contribution in [0.4, 0.5) is 0 Å². The molecule has 2 unspecified atom stereocenters. The van der Waals surface area contributed by atoms with Gasteiger partial charge in [0.25, 0.3) is 0 Å². The first-order valence-electron chi connectivity index (χ1n) is 5.90. The summed E-state index contributed by atoms with van der Waals surface area (Å²) in [6.07, 6.45) is 7.21. The Labute approximate surface area is 86.5 Å². The predicted molar refractivity (Wildman–Crippen MR) is 56.9 cm³/mol. The molecule has 0 aromatic carbocycles. The lowest BCUT2D eigenvalue weighted by Gasteiger charge is -2.40. The Bertz CT molecular complexity index is 234. The maximum Gasteiger partial charge on any atom is 0.220 e. The lowest BCUT2D eigenvalue weighted by Crippen LogP contribution is -2.49. The molecule has 2 rings (SSSR count). The third kappa shape index (κ3) is 1.79. The molecule has 14 heavy (non-hydrogen) atoms. The van der Waals surface area contributed by atoms with Gasteiger partial charge in [-0.2, -0.15) is 0 Å². The van der Waals surface area contributed by atoms with E-state index in [0.717, 1.165) is 18.8 Å². The molecule has 1 aliphatic carbocycles. The van der Waals surface area contributed by atoms with Gasteiger partial charge in [0, 0.05) is 12.0 Å². The van der Waals surface area contributed by atoms with E-state index in [9.17, 15) is 4.79 Å². The van der Waals surface area contributed by atoms with E-state index in [4.69, 9.17) is 0 Å². The van der Waals surface area contributed by atoms with E-state index < -0.39 is 0 Å². The molecular formula is C12H21NO. The monoisotopic (exact) mass is 195 g/mol. The highest BCUT2D eigenvalue weighted by atomic mass is 16.1. The minimum absolute atomic E-state index is 0.0265. The van der Waals surface area contributed by atoms with Crippen molar-refractivity contribution in [2.24, 2.45) is 11.8 Å². The summed E-state index contributed by atoms with van der Waals surface area (Å²) >= 11 is 0. The number of hydrogen-bond acceptors (Lipinski definition) is 1. The second kappa shape index (κ2) is 3.56. The van der Waals surface area contributed by atoms with Crippen LogP contribution in [0.5, 0.6) is 0 Å². The molecule has 2 fully saturated rings. The smallest absolute Gasteiger partial charge is 0.220 e. The first-order valence-corrected chi connectivity index (χ1v) is 5.90. The van der Waals surface area contributed by atoms with Crippen LogP contribution in [0.25, 0.3) is 0 Å². The summed E-state index contributed by atoms with van der Waals surface area (Å²) < 4.78 is 0. The molecule has 1 aliphatic heterocycles. The zero-order chi connectivity index (χ0) is 10.2. The topological polar surface area (TPSA) is 29.1 Å². The van der Waals surface area contributed by atoms with Gasteiger partial charge in [-0.1, -0.05) is 19.3 Å². The third-order valence-corrected chi connectivity index (χ3v) is 4.04. The van der Waals surface area contributed by atoms with Crippen molar-refractivity contribution in [1.82, 2.24) is 5.32 Å². The van der Waals surface area contributed by atoms with Crippen LogP contribution in [0.2, 0.25) is 0 Å². The number of amides is 1. The van der Waals surface area contributed by atoms with E-state index in [1.807, 2.05) is 0 Å². The number of nitrogens with one attached hydrogen (secondary N) is 1. The van der Waals surface area contributed by atoms with Crippen LogP contribution < -0.4 is 5.32 Å². The fourth-order valence-electron chi connectivity index (χ4n) is 3.33. The van der Waals surface area contributed by atoms with Gasteiger partial charge in [0.2, 0.25) is 5.91 Å². The summed E-state index contributed by atoms with van der Waals surface area (Å²) in [7, 11) is 0. The van der Waals surface area contributed by atoms with Crippen molar-refractivity contribution in [1.29, 1.82) is 0 Å². The first-order chi connectivity index (χ1) is 6.59. The molecule has 1 saturated heterocycles. The second-order valence-corrected chi connectivity index (χ2v) is 5.46. The molecule has 1 heterocycles. The molecule has 80 valence electrons. The molecule has 2 aliphatic rings.